The number of carbonyl (C=O) groups excluding carboxylic acids is 2. The van der Waals surface area contributed by atoms with Crippen LogP contribution in [0.2, 0.25) is 0 Å². The summed E-state index contributed by atoms with van der Waals surface area (Å²) in [5.74, 6) is -0.585. The van der Waals surface area contributed by atoms with Crippen LogP contribution in [0.1, 0.15) is 23.7 Å². The van der Waals surface area contributed by atoms with Gasteiger partial charge in [-0.1, -0.05) is 0 Å². The SMILES string of the molecule is CC(=O)c1ccc(N2CCCN(CC(N)=O)CC2)c([N+](=O)[O-])c1. The highest BCUT2D eigenvalue weighted by molar-refractivity contribution is 5.95. The fraction of sp³-hybridized carbons (Fsp3) is 0.467. The molecule has 2 N–H and O–H groups in total. The number of nitrogens with zero attached hydrogens (tertiary/aromatic N) is 3. The van der Waals surface area contributed by atoms with Gasteiger partial charge in [-0.3, -0.25) is 24.6 Å². The van der Waals surface area contributed by atoms with Gasteiger partial charge in [0.2, 0.25) is 5.91 Å². The first-order chi connectivity index (χ1) is 10.9. The molecule has 1 fully saturated rings. The summed E-state index contributed by atoms with van der Waals surface area (Å²) in [6.45, 7) is 4.11. The molecule has 0 atom stereocenters. The summed E-state index contributed by atoms with van der Waals surface area (Å²) in [4.78, 5) is 37.2. The molecule has 0 radical (unpaired) electrons. The standard InChI is InChI=1S/C15H20N4O4/c1-11(20)12-3-4-13(14(9-12)19(22)23)18-6-2-5-17(7-8-18)10-15(16)21/h3-4,9H,2,5-8,10H2,1H3,(H2,16,21). The molecule has 8 nitrogen and oxygen atoms in total. The molecule has 8 heteroatoms. The summed E-state index contributed by atoms with van der Waals surface area (Å²) in [6.07, 6.45) is 0.777. The summed E-state index contributed by atoms with van der Waals surface area (Å²) < 4.78 is 0. The van der Waals surface area contributed by atoms with Crippen molar-refractivity contribution in [1.29, 1.82) is 0 Å². The van der Waals surface area contributed by atoms with E-state index in [4.69, 9.17) is 5.73 Å². The lowest BCUT2D eigenvalue weighted by Gasteiger charge is -2.23. The smallest absolute Gasteiger partial charge is 0.293 e. The van der Waals surface area contributed by atoms with Crippen molar-refractivity contribution in [2.75, 3.05) is 37.6 Å². The molecule has 1 aromatic rings. The van der Waals surface area contributed by atoms with Gasteiger partial charge in [0.15, 0.2) is 5.78 Å². The second-order valence-electron chi connectivity index (χ2n) is 5.60. The molecule has 124 valence electrons. The van der Waals surface area contributed by atoms with Crippen LogP contribution in [-0.2, 0) is 4.79 Å². The van der Waals surface area contributed by atoms with Crippen molar-refractivity contribution < 1.29 is 14.5 Å². The normalized spacial score (nSPS) is 16.0. The fourth-order valence-corrected chi connectivity index (χ4v) is 2.75. The zero-order valence-electron chi connectivity index (χ0n) is 13.0. The van der Waals surface area contributed by atoms with Crippen molar-refractivity contribution in [3.63, 3.8) is 0 Å². The number of ketones is 1. The quantitative estimate of drug-likeness (QED) is 0.488. The van der Waals surface area contributed by atoms with Gasteiger partial charge in [0.25, 0.3) is 5.69 Å². The predicted molar refractivity (Wildman–Crippen MR) is 85.6 cm³/mol. The van der Waals surface area contributed by atoms with Crippen LogP contribution in [0, 0.1) is 10.1 Å². The molecule has 0 spiro atoms. The first-order valence-electron chi connectivity index (χ1n) is 7.43. The van der Waals surface area contributed by atoms with E-state index in [-0.39, 0.29) is 23.9 Å². The third kappa shape index (κ3) is 4.26. The van der Waals surface area contributed by atoms with Gasteiger partial charge < -0.3 is 10.6 Å². The van der Waals surface area contributed by atoms with E-state index in [9.17, 15) is 19.7 Å². The van der Waals surface area contributed by atoms with Gasteiger partial charge in [0.05, 0.1) is 11.5 Å². The van der Waals surface area contributed by atoms with Crippen LogP contribution in [0.4, 0.5) is 11.4 Å². The Labute approximate surface area is 134 Å². The van der Waals surface area contributed by atoms with Gasteiger partial charge in [0.1, 0.15) is 5.69 Å². The number of nitrogens with two attached hydrogens (primary N) is 1. The van der Waals surface area contributed by atoms with E-state index in [1.807, 2.05) is 9.80 Å². The number of hydrogen-bond donors (Lipinski definition) is 1. The van der Waals surface area contributed by atoms with Crippen LogP contribution in [0.5, 0.6) is 0 Å². The molecule has 0 unspecified atom stereocenters. The first-order valence-corrected chi connectivity index (χ1v) is 7.43. The fourth-order valence-electron chi connectivity index (χ4n) is 2.75. The Kier molecular flexibility index (Phi) is 5.28. The summed E-state index contributed by atoms with van der Waals surface area (Å²) >= 11 is 0. The maximum atomic E-state index is 11.4. The summed E-state index contributed by atoms with van der Waals surface area (Å²) in [5.41, 5.74) is 5.97. The molecule has 1 aromatic carbocycles. The minimum absolute atomic E-state index is 0.0685. The van der Waals surface area contributed by atoms with Gasteiger partial charge in [-0.05, 0) is 25.5 Å². The van der Waals surface area contributed by atoms with E-state index in [0.29, 0.717) is 30.9 Å². The van der Waals surface area contributed by atoms with Crippen molar-refractivity contribution in [2.45, 2.75) is 13.3 Å². The van der Waals surface area contributed by atoms with Gasteiger partial charge >= 0.3 is 0 Å². The van der Waals surface area contributed by atoms with Crippen LogP contribution in [-0.4, -0.2) is 54.2 Å². The average molecular weight is 320 g/mol. The van der Waals surface area contributed by atoms with Crippen molar-refractivity contribution >= 4 is 23.1 Å². The lowest BCUT2D eigenvalue weighted by atomic mass is 10.1. The number of amides is 1. The number of anilines is 1. The zero-order chi connectivity index (χ0) is 17.0. The number of carbonyl (C=O) groups is 2. The summed E-state index contributed by atoms with van der Waals surface area (Å²) in [7, 11) is 0. The Balaban J connectivity index is 2.22. The Morgan fingerprint density at radius 3 is 2.61 bits per heavy atom. The average Bonchev–Trinajstić information content (AvgIpc) is 2.71. The Morgan fingerprint density at radius 1 is 1.26 bits per heavy atom. The second kappa shape index (κ2) is 7.19. The van der Waals surface area contributed by atoms with Crippen molar-refractivity contribution in [3.8, 4) is 0 Å². The van der Waals surface area contributed by atoms with E-state index < -0.39 is 4.92 Å². The lowest BCUT2D eigenvalue weighted by Crippen LogP contribution is -2.36. The minimum Gasteiger partial charge on any atom is -0.369 e. The number of Topliss-reactive ketones (excluding diaryl/α,β-unsaturated/α-hetero) is 1. The van der Waals surface area contributed by atoms with E-state index >= 15 is 0 Å². The number of nitro benzene ring substituents is 1. The Morgan fingerprint density at radius 2 is 2.00 bits per heavy atom. The van der Waals surface area contributed by atoms with E-state index in [1.54, 1.807) is 12.1 Å². The number of hydrogen-bond acceptors (Lipinski definition) is 6. The Hall–Kier alpha value is -2.48. The molecule has 0 aromatic heterocycles. The lowest BCUT2D eigenvalue weighted by molar-refractivity contribution is -0.384. The molecular formula is C15H20N4O4. The van der Waals surface area contributed by atoms with Gasteiger partial charge in [-0.2, -0.15) is 0 Å². The van der Waals surface area contributed by atoms with Crippen molar-refractivity contribution in [1.82, 2.24) is 4.90 Å². The largest absolute Gasteiger partial charge is 0.369 e. The topological polar surface area (TPSA) is 110 Å². The minimum atomic E-state index is -0.464. The third-order valence-electron chi connectivity index (χ3n) is 3.89. The highest BCUT2D eigenvalue weighted by Crippen LogP contribution is 2.30. The molecule has 1 aliphatic heterocycles. The molecule has 1 amide bonds. The van der Waals surface area contributed by atoms with Crippen LogP contribution in [0.15, 0.2) is 18.2 Å². The maximum Gasteiger partial charge on any atom is 0.293 e. The van der Waals surface area contributed by atoms with Crippen LogP contribution < -0.4 is 10.6 Å². The molecule has 0 saturated carbocycles. The highest BCUT2D eigenvalue weighted by Gasteiger charge is 2.23. The van der Waals surface area contributed by atoms with E-state index in [1.165, 1.54) is 13.0 Å². The second-order valence-corrected chi connectivity index (χ2v) is 5.60. The van der Waals surface area contributed by atoms with Crippen LogP contribution >= 0.6 is 0 Å². The summed E-state index contributed by atoms with van der Waals surface area (Å²) in [6, 6.07) is 4.55. The number of nitro groups is 1. The highest BCUT2D eigenvalue weighted by atomic mass is 16.6. The van der Waals surface area contributed by atoms with E-state index in [2.05, 4.69) is 0 Å². The third-order valence-corrected chi connectivity index (χ3v) is 3.89. The zero-order valence-corrected chi connectivity index (χ0v) is 13.0. The molecule has 2 rings (SSSR count). The molecule has 1 saturated heterocycles. The van der Waals surface area contributed by atoms with E-state index in [0.717, 1.165) is 13.0 Å². The van der Waals surface area contributed by atoms with Crippen molar-refractivity contribution in [2.24, 2.45) is 5.73 Å². The number of primary amides is 1. The molecular weight excluding hydrogens is 300 g/mol. The molecule has 0 bridgehead atoms. The molecule has 1 heterocycles. The molecule has 0 aliphatic carbocycles. The number of rotatable bonds is 5. The Bertz CT molecular complexity index is 632. The van der Waals surface area contributed by atoms with Gasteiger partial charge in [-0.15, -0.1) is 0 Å². The number of benzene rings is 1. The first kappa shape index (κ1) is 16.9. The molecule has 23 heavy (non-hydrogen) atoms. The van der Waals surface area contributed by atoms with Crippen LogP contribution in [0.25, 0.3) is 0 Å². The predicted octanol–water partition coefficient (Wildman–Crippen LogP) is 0.795. The monoisotopic (exact) mass is 320 g/mol. The molecule has 1 aliphatic rings. The maximum absolute atomic E-state index is 11.4. The van der Waals surface area contributed by atoms with Crippen molar-refractivity contribution in [3.05, 3.63) is 33.9 Å². The van der Waals surface area contributed by atoms with Crippen LogP contribution in [0.3, 0.4) is 0 Å². The summed E-state index contributed by atoms with van der Waals surface area (Å²) in [5, 5.41) is 11.3. The van der Waals surface area contributed by atoms with Gasteiger partial charge in [0, 0.05) is 37.8 Å². The van der Waals surface area contributed by atoms with Gasteiger partial charge in [-0.25, -0.2) is 0 Å².